The summed E-state index contributed by atoms with van der Waals surface area (Å²) in [4.78, 5) is 0. The first-order chi connectivity index (χ1) is 7.24. The lowest BCUT2D eigenvalue weighted by Crippen LogP contribution is -2.08. The summed E-state index contributed by atoms with van der Waals surface area (Å²) in [6.07, 6.45) is 5.51. The molecular formula is C14H18O. The van der Waals surface area contributed by atoms with Crippen molar-refractivity contribution >= 4 is 0 Å². The Morgan fingerprint density at radius 1 is 1.20 bits per heavy atom. The largest absolute Gasteiger partial charge is 0.508 e. The van der Waals surface area contributed by atoms with Gasteiger partial charge in [-0.25, -0.2) is 0 Å². The highest BCUT2D eigenvalue weighted by Gasteiger charge is 2.40. The van der Waals surface area contributed by atoms with Gasteiger partial charge in [0.05, 0.1) is 0 Å². The van der Waals surface area contributed by atoms with Gasteiger partial charge >= 0.3 is 0 Å². The second-order valence-corrected chi connectivity index (χ2v) is 5.34. The van der Waals surface area contributed by atoms with Gasteiger partial charge in [0, 0.05) is 0 Å². The molecule has 0 spiro atoms. The summed E-state index contributed by atoms with van der Waals surface area (Å²) >= 11 is 0. The normalized spacial score (nSPS) is 33.5. The molecule has 1 aromatic rings. The molecule has 2 fully saturated rings. The fourth-order valence-electron chi connectivity index (χ4n) is 3.60. The minimum absolute atomic E-state index is 0.512. The second-order valence-electron chi connectivity index (χ2n) is 5.34. The van der Waals surface area contributed by atoms with Crippen LogP contribution in [0.5, 0.6) is 5.75 Å². The van der Waals surface area contributed by atoms with E-state index in [1.54, 1.807) is 0 Å². The monoisotopic (exact) mass is 202 g/mol. The molecule has 0 saturated heterocycles. The second kappa shape index (κ2) is 3.26. The smallest absolute Gasteiger partial charge is 0.119 e. The molecule has 3 atom stereocenters. The topological polar surface area (TPSA) is 20.2 Å². The third kappa shape index (κ3) is 1.45. The quantitative estimate of drug-likeness (QED) is 0.737. The Morgan fingerprint density at radius 3 is 2.73 bits per heavy atom. The van der Waals surface area contributed by atoms with E-state index < -0.39 is 0 Å². The Kier molecular flexibility index (Phi) is 2.01. The summed E-state index contributed by atoms with van der Waals surface area (Å²) in [5.74, 6) is 2.95. The van der Waals surface area contributed by atoms with Gasteiger partial charge in [0.2, 0.25) is 0 Å². The first kappa shape index (κ1) is 9.26. The van der Waals surface area contributed by atoms with Crippen molar-refractivity contribution in [3.8, 4) is 5.75 Å². The molecule has 3 rings (SSSR count). The van der Waals surface area contributed by atoms with E-state index in [2.05, 4.69) is 13.0 Å². The van der Waals surface area contributed by atoms with E-state index in [0.717, 1.165) is 11.8 Å². The first-order valence-corrected chi connectivity index (χ1v) is 6.03. The number of aryl methyl sites for hydroxylation is 1. The number of fused-ring (bicyclic) bond motifs is 2. The van der Waals surface area contributed by atoms with Crippen molar-refractivity contribution in [2.24, 2.45) is 11.8 Å². The summed E-state index contributed by atoms with van der Waals surface area (Å²) in [7, 11) is 0. The maximum atomic E-state index is 9.92. The van der Waals surface area contributed by atoms with Gasteiger partial charge in [-0.1, -0.05) is 24.1 Å². The predicted octanol–water partition coefficient (Wildman–Crippen LogP) is 3.60. The van der Waals surface area contributed by atoms with Crippen molar-refractivity contribution in [2.45, 2.75) is 38.5 Å². The average molecular weight is 202 g/mol. The SMILES string of the molecule is Cc1ccc(O)c(C2CC3CCC2C3)c1. The predicted molar refractivity (Wildman–Crippen MR) is 61.0 cm³/mol. The molecule has 0 amide bonds. The summed E-state index contributed by atoms with van der Waals surface area (Å²) in [6, 6.07) is 6.03. The minimum atomic E-state index is 0.512. The number of phenolic OH excluding ortho intramolecular Hbond substituents is 1. The molecule has 0 heterocycles. The van der Waals surface area contributed by atoms with Gasteiger partial charge in [-0.15, -0.1) is 0 Å². The van der Waals surface area contributed by atoms with Gasteiger partial charge in [-0.3, -0.25) is 0 Å². The van der Waals surface area contributed by atoms with Crippen LogP contribution in [0.25, 0.3) is 0 Å². The lowest BCUT2D eigenvalue weighted by molar-refractivity contribution is 0.397. The number of aromatic hydroxyl groups is 1. The molecule has 1 heteroatoms. The van der Waals surface area contributed by atoms with Crippen LogP contribution >= 0.6 is 0 Å². The van der Waals surface area contributed by atoms with Crippen molar-refractivity contribution in [2.75, 3.05) is 0 Å². The highest BCUT2D eigenvalue weighted by atomic mass is 16.3. The molecule has 15 heavy (non-hydrogen) atoms. The Balaban J connectivity index is 1.96. The molecule has 1 aromatic carbocycles. The van der Waals surface area contributed by atoms with E-state index in [1.807, 2.05) is 12.1 Å². The van der Waals surface area contributed by atoms with E-state index in [-0.39, 0.29) is 0 Å². The standard InChI is InChI=1S/C14H18O/c1-9-2-5-14(15)13(6-9)12-8-10-3-4-11(12)7-10/h2,5-6,10-12,15H,3-4,7-8H2,1H3. The van der Waals surface area contributed by atoms with Gasteiger partial charge in [0.25, 0.3) is 0 Å². The molecule has 0 aliphatic heterocycles. The highest BCUT2D eigenvalue weighted by Crippen LogP contribution is 2.54. The zero-order valence-corrected chi connectivity index (χ0v) is 9.24. The van der Waals surface area contributed by atoms with Crippen LogP contribution in [0.1, 0.15) is 42.7 Å². The molecular weight excluding hydrogens is 184 g/mol. The maximum absolute atomic E-state index is 9.92. The van der Waals surface area contributed by atoms with Crippen molar-refractivity contribution < 1.29 is 5.11 Å². The Morgan fingerprint density at radius 2 is 2.07 bits per heavy atom. The number of benzene rings is 1. The summed E-state index contributed by atoms with van der Waals surface area (Å²) in [6.45, 7) is 2.11. The molecule has 80 valence electrons. The molecule has 0 aromatic heterocycles. The van der Waals surface area contributed by atoms with E-state index >= 15 is 0 Å². The first-order valence-electron chi connectivity index (χ1n) is 6.03. The van der Waals surface area contributed by atoms with Crippen molar-refractivity contribution in [3.63, 3.8) is 0 Å². The number of phenols is 1. The van der Waals surface area contributed by atoms with Crippen LogP contribution in [0.3, 0.4) is 0 Å². The molecule has 0 radical (unpaired) electrons. The van der Waals surface area contributed by atoms with Gasteiger partial charge in [-0.05, 0) is 55.6 Å². The van der Waals surface area contributed by atoms with Crippen LogP contribution in [0.15, 0.2) is 18.2 Å². The van der Waals surface area contributed by atoms with Crippen LogP contribution in [0.2, 0.25) is 0 Å². The van der Waals surface area contributed by atoms with Crippen molar-refractivity contribution in [1.29, 1.82) is 0 Å². The van der Waals surface area contributed by atoms with Gasteiger partial charge in [0.1, 0.15) is 5.75 Å². The van der Waals surface area contributed by atoms with E-state index in [9.17, 15) is 5.11 Å². The van der Waals surface area contributed by atoms with Crippen LogP contribution in [0, 0.1) is 18.8 Å². The van der Waals surface area contributed by atoms with Crippen LogP contribution in [-0.4, -0.2) is 5.11 Å². The summed E-state index contributed by atoms with van der Waals surface area (Å²) in [5.41, 5.74) is 2.48. The molecule has 2 aliphatic carbocycles. The van der Waals surface area contributed by atoms with E-state index in [1.165, 1.54) is 36.8 Å². The van der Waals surface area contributed by atoms with Crippen LogP contribution in [0.4, 0.5) is 0 Å². The zero-order chi connectivity index (χ0) is 10.4. The zero-order valence-electron chi connectivity index (χ0n) is 9.24. The Hall–Kier alpha value is -0.980. The summed E-state index contributed by atoms with van der Waals surface area (Å²) < 4.78 is 0. The van der Waals surface area contributed by atoms with Crippen molar-refractivity contribution in [1.82, 2.24) is 0 Å². The Labute approximate surface area is 91.1 Å². The Bertz CT molecular complexity index is 383. The molecule has 2 saturated carbocycles. The van der Waals surface area contributed by atoms with Crippen molar-refractivity contribution in [3.05, 3.63) is 29.3 Å². The lowest BCUT2D eigenvalue weighted by Gasteiger charge is -2.23. The third-order valence-electron chi connectivity index (χ3n) is 4.32. The number of rotatable bonds is 1. The lowest BCUT2D eigenvalue weighted by atomic mass is 9.82. The molecule has 3 unspecified atom stereocenters. The average Bonchev–Trinajstić information content (AvgIpc) is 2.83. The van der Waals surface area contributed by atoms with E-state index in [0.29, 0.717) is 11.7 Å². The van der Waals surface area contributed by atoms with Gasteiger partial charge in [-0.2, -0.15) is 0 Å². The fraction of sp³-hybridized carbons (Fsp3) is 0.571. The van der Waals surface area contributed by atoms with Gasteiger partial charge in [0.15, 0.2) is 0 Å². The van der Waals surface area contributed by atoms with Gasteiger partial charge < -0.3 is 5.11 Å². The summed E-state index contributed by atoms with van der Waals surface area (Å²) in [5, 5.41) is 9.92. The van der Waals surface area contributed by atoms with Crippen LogP contribution in [-0.2, 0) is 0 Å². The fourth-order valence-corrected chi connectivity index (χ4v) is 3.60. The highest BCUT2D eigenvalue weighted by molar-refractivity contribution is 5.39. The number of hydrogen-bond donors (Lipinski definition) is 1. The number of hydrogen-bond acceptors (Lipinski definition) is 1. The van der Waals surface area contributed by atoms with Crippen LogP contribution < -0.4 is 0 Å². The molecule has 2 aliphatic rings. The maximum Gasteiger partial charge on any atom is 0.119 e. The van der Waals surface area contributed by atoms with E-state index in [4.69, 9.17) is 0 Å². The third-order valence-corrected chi connectivity index (χ3v) is 4.32. The molecule has 1 N–H and O–H groups in total. The molecule has 1 nitrogen and oxygen atoms in total. The minimum Gasteiger partial charge on any atom is -0.508 e. The molecule has 2 bridgehead atoms.